The SMILES string of the molecule is O=C(O)C1=CC(Br)=C2N=NC=C2C1. The van der Waals surface area contributed by atoms with Gasteiger partial charge in [-0.05, 0) is 22.0 Å². The average Bonchev–Trinajstić information content (AvgIpc) is 2.51. The normalized spacial score (nSPS) is 19.8. The molecule has 0 bridgehead atoms. The summed E-state index contributed by atoms with van der Waals surface area (Å²) in [6.45, 7) is 0. The van der Waals surface area contributed by atoms with Crippen molar-refractivity contribution in [2.24, 2.45) is 10.2 Å². The van der Waals surface area contributed by atoms with Gasteiger partial charge in [-0.3, -0.25) is 0 Å². The Kier molecular flexibility index (Phi) is 1.88. The van der Waals surface area contributed by atoms with Gasteiger partial charge in [0.25, 0.3) is 0 Å². The summed E-state index contributed by atoms with van der Waals surface area (Å²) in [5.74, 6) is -0.899. The summed E-state index contributed by atoms with van der Waals surface area (Å²) >= 11 is 3.25. The van der Waals surface area contributed by atoms with Crippen molar-refractivity contribution in [3.8, 4) is 0 Å². The molecule has 0 saturated carbocycles. The predicted molar refractivity (Wildman–Crippen MR) is 49.2 cm³/mol. The smallest absolute Gasteiger partial charge is 0.331 e. The van der Waals surface area contributed by atoms with E-state index in [4.69, 9.17) is 5.11 Å². The number of nitrogens with zero attached hydrogens (tertiary/aromatic N) is 2. The van der Waals surface area contributed by atoms with Gasteiger partial charge in [0.15, 0.2) is 0 Å². The number of halogens is 1. The number of hydrogen-bond acceptors (Lipinski definition) is 3. The van der Waals surface area contributed by atoms with Gasteiger partial charge in [-0.25, -0.2) is 4.79 Å². The molecular weight excluding hydrogens is 236 g/mol. The molecule has 0 amide bonds. The number of azo groups is 1. The Hall–Kier alpha value is -1.23. The van der Waals surface area contributed by atoms with Crippen molar-refractivity contribution in [3.05, 3.63) is 33.6 Å². The Labute approximate surface area is 82.5 Å². The fourth-order valence-electron chi connectivity index (χ4n) is 1.23. The van der Waals surface area contributed by atoms with Crippen molar-refractivity contribution in [2.75, 3.05) is 0 Å². The molecule has 0 fully saturated rings. The topological polar surface area (TPSA) is 62.0 Å². The van der Waals surface area contributed by atoms with Gasteiger partial charge in [-0.15, -0.1) is 5.11 Å². The monoisotopic (exact) mass is 240 g/mol. The molecule has 1 aliphatic heterocycles. The number of aliphatic carboxylic acids is 1. The summed E-state index contributed by atoms with van der Waals surface area (Å²) in [5, 5.41) is 16.4. The van der Waals surface area contributed by atoms with Crippen LogP contribution < -0.4 is 0 Å². The zero-order chi connectivity index (χ0) is 9.42. The molecule has 0 atom stereocenters. The van der Waals surface area contributed by atoms with Crippen LogP contribution in [0.15, 0.2) is 43.8 Å². The van der Waals surface area contributed by atoms with Gasteiger partial charge in [0.2, 0.25) is 0 Å². The zero-order valence-corrected chi connectivity index (χ0v) is 8.08. The summed E-state index contributed by atoms with van der Waals surface area (Å²) in [7, 11) is 0. The van der Waals surface area contributed by atoms with E-state index in [2.05, 4.69) is 26.2 Å². The van der Waals surface area contributed by atoms with Crippen molar-refractivity contribution < 1.29 is 9.90 Å². The quantitative estimate of drug-likeness (QED) is 0.765. The van der Waals surface area contributed by atoms with Crippen LogP contribution >= 0.6 is 15.9 Å². The Morgan fingerprint density at radius 2 is 2.38 bits per heavy atom. The van der Waals surface area contributed by atoms with Gasteiger partial charge in [0, 0.05) is 22.0 Å². The molecule has 0 aromatic rings. The summed E-state index contributed by atoms with van der Waals surface area (Å²) in [6, 6.07) is 0. The molecule has 0 aromatic heterocycles. The van der Waals surface area contributed by atoms with Gasteiger partial charge in [-0.2, -0.15) is 5.11 Å². The number of allylic oxidation sites excluding steroid dienone is 3. The van der Waals surface area contributed by atoms with Crippen LogP contribution in [0.5, 0.6) is 0 Å². The van der Waals surface area contributed by atoms with E-state index in [1.165, 1.54) is 0 Å². The van der Waals surface area contributed by atoms with Crippen molar-refractivity contribution in [1.82, 2.24) is 0 Å². The highest BCUT2D eigenvalue weighted by atomic mass is 79.9. The van der Waals surface area contributed by atoms with Crippen LogP contribution in [-0.4, -0.2) is 11.1 Å². The molecule has 0 saturated heterocycles. The first kappa shape index (κ1) is 8.37. The summed E-state index contributed by atoms with van der Waals surface area (Å²) in [5.41, 5.74) is 1.95. The molecule has 0 unspecified atom stereocenters. The molecule has 66 valence electrons. The van der Waals surface area contributed by atoms with E-state index in [0.717, 1.165) is 11.3 Å². The molecular formula is C8H5BrN2O2. The zero-order valence-electron chi connectivity index (χ0n) is 6.49. The third kappa shape index (κ3) is 1.35. The van der Waals surface area contributed by atoms with E-state index in [1.807, 2.05) is 0 Å². The minimum Gasteiger partial charge on any atom is -0.478 e. The molecule has 1 heterocycles. The third-order valence-corrected chi connectivity index (χ3v) is 2.46. The van der Waals surface area contributed by atoms with E-state index in [1.54, 1.807) is 12.3 Å². The van der Waals surface area contributed by atoms with E-state index in [9.17, 15) is 4.79 Å². The number of carboxylic acid groups (broad SMARTS) is 1. The van der Waals surface area contributed by atoms with Crippen LogP contribution in [0, 0.1) is 0 Å². The molecule has 0 radical (unpaired) electrons. The van der Waals surface area contributed by atoms with Gasteiger partial charge < -0.3 is 5.11 Å². The van der Waals surface area contributed by atoms with Crippen LogP contribution in [0.2, 0.25) is 0 Å². The molecule has 4 nitrogen and oxygen atoms in total. The number of carboxylic acids is 1. The van der Waals surface area contributed by atoms with Crippen molar-refractivity contribution in [2.45, 2.75) is 6.42 Å². The highest BCUT2D eigenvalue weighted by Gasteiger charge is 2.22. The van der Waals surface area contributed by atoms with Crippen LogP contribution in [0.25, 0.3) is 0 Å². The van der Waals surface area contributed by atoms with Gasteiger partial charge in [0.1, 0.15) is 5.70 Å². The summed E-state index contributed by atoms with van der Waals surface area (Å²) in [6.07, 6.45) is 3.55. The molecule has 13 heavy (non-hydrogen) atoms. The maximum Gasteiger partial charge on any atom is 0.331 e. The number of hydrogen-bond donors (Lipinski definition) is 1. The second-order valence-electron chi connectivity index (χ2n) is 2.72. The third-order valence-electron chi connectivity index (χ3n) is 1.86. The first-order chi connectivity index (χ1) is 6.18. The first-order valence-corrected chi connectivity index (χ1v) is 4.41. The predicted octanol–water partition coefficient (Wildman–Crippen LogP) is 2.36. The first-order valence-electron chi connectivity index (χ1n) is 3.62. The number of carbonyl (C=O) groups is 1. The molecule has 1 N–H and O–H groups in total. The fourth-order valence-corrected chi connectivity index (χ4v) is 1.84. The van der Waals surface area contributed by atoms with Gasteiger partial charge in [-0.1, -0.05) is 0 Å². The van der Waals surface area contributed by atoms with E-state index >= 15 is 0 Å². The second-order valence-corrected chi connectivity index (χ2v) is 3.57. The van der Waals surface area contributed by atoms with Crippen LogP contribution in [-0.2, 0) is 4.79 Å². The maximum atomic E-state index is 10.7. The highest BCUT2D eigenvalue weighted by molar-refractivity contribution is 9.11. The molecule has 0 aromatic carbocycles. The lowest BCUT2D eigenvalue weighted by molar-refractivity contribution is -0.132. The summed E-state index contributed by atoms with van der Waals surface area (Å²) < 4.78 is 0.684. The van der Waals surface area contributed by atoms with Crippen molar-refractivity contribution >= 4 is 21.9 Å². The van der Waals surface area contributed by atoms with E-state index in [-0.39, 0.29) is 0 Å². The minimum atomic E-state index is -0.899. The van der Waals surface area contributed by atoms with Gasteiger partial charge >= 0.3 is 5.97 Å². The Balaban J connectivity index is 2.45. The Morgan fingerprint density at radius 3 is 3.08 bits per heavy atom. The molecule has 1 aliphatic carbocycles. The van der Waals surface area contributed by atoms with E-state index < -0.39 is 5.97 Å². The molecule has 0 spiro atoms. The number of fused-ring (bicyclic) bond motifs is 1. The van der Waals surface area contributed by atoms with Gasteiger partial charge in [0.05, 0.1) is 6.20 Å². The van der Waals surface area contributed by atoms with Crippen molar-refractivity contribution in [1.29, 1.82) is 0 Å². The van der Waals surface area contributed by atoms with Crippen LogP contribution in [0.3, 0.4) is 0 Å². The van der Waals surface area contributed by atoms with Crippen molar-refractivity contribution in [3.63, 3.8) is 0 Å². The molecule has 2 rings (SSSR count). The van der Waals surface area contributed by atoms with E-state index in [0.29, 0.717) is 16.5 Å². The maximum absolute atomic E-state index is 10.7. The highest BCUT2D eigenvalue weighted by Crippen LogP contribution is 2.35. The van der Waals surface area contributed by atoms with Crippen LogP contribution in [0.4, 0.5) is 0 Å². The Bertz CT molecular complexity index is 404. The Morgan fingerprint density at radius 1 is 1.62 bits per heavy atom. The lowest BCUT2D eigenvalue weighted by atomic mass is 9.99. The number of rotatable bonds is 1. The molecule has 2 aliphatic rings. The average molecular weight is 241 g/mol. The fraction of sp³-hybridized carbons (Fsp3) is 0.125. The largest absolute Gasteiger partial charge is 0.478 e. The molecule has 5 heteroatoms. The second kappa shape index (κ2) is 2.92. The lowest BCUT2D eigenvalue weighted by Crippen LogP contribution is -2.06. The summed E-state index contributed by atoms with van der Waals surface area (Å²) in [4.78, 5) is 10.7. The van der Waals surface area contributed by atoms with Crippen LogP contribution in [0.1, 0.15) is 6.42 Å². The lowest BCUT2D eigenvalue weighted by Gasteiger charge is -2.10. The standard InChI is InChI=1S/C8H5BrN2O2/c9-6-2-4(8(12)13)1-5-3-10-11-7(5)6/h2-3H,1H2,(H,12,13). The minimum absolute atomic E-state index is 0.356.